The average Bonchev–Trinajstić information content (AvgIpc) is 2.27. The van der Waals surface area contributed by atoms with Crippen molar-refractivity contribution in [3.8, 4) is 0 Å². The molecule has 1 aliphatic rings. The first-order chi connectivity index (χ1) is 7.61. The lowest BCUT2D eigenvalue weighted by Gasteiger charge is -2.16. The van der Waals surface area contributed by atoms with Crippen molar-refractivity contribution in [1.29, 1.82) is 0 Å². The Bertz CT molecular complexity index is 231. The highest BCUT2D eigenvalue weighted by atomic mass is 16.2. The maximum Gasteiger partial charge on any atom is 0.236 e. The molecule has 1 aliphatic heterocycles. The highest BCUT2D eigenvalue weighted by molar-refractivity contribution is 5.82. The molecule has 1 rings (SSSR count). The fourth-order valence-electron chi connectivity index (χ4n) is 1.59. The predicted molar refractivity (Wildman–Crippen MR) is 60.4 cm³/mol. The molecule has 1 heterocycles. The van der Waals surface area contributed by atoms with E-state index >= 15 is 0 Å². The Kier molecular flexibility index (Phi) is 5.21. The van der Waals surface area contributed by atoms with E-state index in [2.05, 4.69) is 10.6 Å². The van der Waals surface area contributed by atoms with Crippen LogP contribution in [0.3, 0.4) is 0 Å². The molecule has 2 amide bonds. The molecule has 0 aromatic rings. The first-order valence-electron chi connectivity index (χ1n) is 5.68. The molecular formula is C10H20N4O2. The first kappa shape index (κ1) is 12.9. The van der Waals surface area contributed by atoms with Crippen LogP contribution in [-0.2, 0) is 9.59 Å². The molecular weight excluding hydrogens is 208 g/mol. The van der Waals surface area contributed by atoms with Crippen LogP contribution in [0.1, 0.15) is 25.7 Å². The molecule has 16 heavy (non-hydrogen) atoms. The monoisotopic (exact) mass is 228 g/mol. The van der Waals surface area contributed by atoms with E-state index < -0.39 is 12.1 Å². The second-order valence-corrected chi connectivity index (χ2v) is 4.08. The Hall–Kier alpha value is -1.14. The summed E-state index contributed by atoms with van der Waals surface area (Å²) in [5.74, 6) is -0.249. The van der Waals surface area contributed by atoms with E-state index in [9.17, 15) is 9.59 Å². The molecule has 0 unspecified atom stereocenters. The lowest BCUT2D eigenvalue weighted by atomic mass is 10.1. The van der Waals surface area contributed by atoms with Crippen molar-refractivity contribution >= 4 is 11.8 Å². The third-order valence-corrected chi connectivity index (χ3v) is 2.66. The summed E-state index contributed by atoms with van der Waals surface area (Å²) in [5, 5.41) is 5.47. The minimum absolute atomic E-state index is 0.125. The Labute approximate surface area is 95.1 Å². The van der Waals surface area contributed by atoms with Crippen LogP contribution in [0, 0.1) is 0 Å². The summed E-state index contributed by atoms with van der Waals surface area (Å²) >= 11 is 0. The van der Waals surface area contributed by atoms with Gasteiger partial charge in [0.05, 0.1) is 12.1 Å². The maximum absolute atomic E-state index is 11.4. The van der Waals surface area contributed by atoms with Gasteiger partial charge in [-0.05, 0) is 25.7 Å². The number of nitrogens with one attached hydrogen (secondary N) is 2. The summed E-state index contributed by atoms with van der Waals surface area (Å²) in [6, 6.07) is -0.963. The molecule has 1 saturated heterocycles. The Morgan fingerprint density at radius 1 is 0.875 bits per heavy atom. The smallest absolute Gasteiger partial charge is 0.236 e. The quantitative estimate of drug-likeness (QED) is 0.402. The van der Waals surface area contributed by atoms with Gasteiger partial charge in [-0.1, -0.05) is 0 Å². The van der Waals surface area contributed by atoms with Gasteiger partial charge in [-0.15, -0.1) is 0 Å². The summed E-state index contributed by atoms with van der Waals surface area (Å²) in [7, 11) is 0. The third-order valence-electron chi connectivity index (χ3n) is 2.66. The SMILES string of the molecule is N[C@@H]1CCCNC(=O)[C@H](N)CCCNC1=O. The van der Waals surface area contributed by atoms with Gasteiger partial charge in [-0.25, -0.2) is 0 Å². The summed E-state index contributed by atoms with van der Waals surface area (Å²) in [6.45, 7) is 1.04. The van der Waals surface area contributed by atoms with Crippen molar-refractivity contribution in [2.24, 2.45) is 11.5 Å². The normalized spacial score (nSPS) is 29.6. The number of amides is 2. The molecule has 0 radical (unpaired) electrons. The molecule has 6 N–H and O–H groups in total. The molecule has 0 aromatic carbocycles. The van der Waals surface area contributed by atoms with Gasteiger partial charge in [0.1, 0.15) is 0 Å². The fraction of sp³-hybridized carbons (Fsp3) is 0.800. The number of carbonyl (C=O) groups is 2. The van der Waals surface area contributed by atoms with Crippen LogP contribution in [0.25, 0.3) is 0 Å². The third kappa shape index (κ3) is 4.16. The highest BCUT2D eigenvalue weighted by Crippen LogP contribution is 1.98. The molecule has 0 bridgehead atoms. The van der Waals surface area contributed by atoms with Gasteiger partial charge in [0, 0.05) is 13.1 Å². The van der Waals surface area contributed by atoms with Crippen LogP contribution in [0.4, 0.5) is 0 Å². The number of hydrogen-bond acceptors (Lipinski definition) is 4. The van der Waals surface area contributed by atoms with Gasteiger partial charge in [0.25, 0.3) is 0 Å². The Balaban J connectivity index is 2.45. The summed E-state index contributed by atoms with van der Waals surface area (Å²) in [4.78, 5) is 22.8. The van der Waals surface area contributed by atoms with Crippen molar-refractivity contribution in [2.75, 3.05) is 13.1 Å². The van der Waals surface area contributed by atoms with E-state index in [0.717, 1.165) is 0 Å². The van der Waals surface area contributed by atoms with E-state index in [1.54, 1.807) is 0 Å². The standard InChI is InChI=1S/C10H20N4O2/c11-7-3-1-5-13-10(16)8(12)4-2-6-14-9(7)15/h7-8H,1-6,11-12H2,(H,13,16)(H,14,15)/t7-,8-/m1/s1. The summed E-state index contributed by atoms with van der Waals surface area (Å²) in [5.41, 5.74) is 11.3. The van der Waals surface area contributed by atoms with Crippen LogP contribution in [0.2, 0.25) is 0 Å². The van der Waals surface area contributed by atoms with Gasteiger partial charge in [-0.2, -0.15) is 0 Å². The lowest BCUT2D eigenvalue weighted by Crippen LogP contribution is -2.45. The molecule has 1 fully saturated rings. The zero-order valence-corrected chi connectivity index (χ0v) is 9.37. The molecule has 0 aromatic heterocycles. The average molecular weight is 228 g/mol. The van der Waals surface area contributed by atoms with Crippen LogP contribution in [-0.4, -0.2) is 37.0 Å². The zero-order valence-electron chi connectivity index (χ0n) is 9.37. The summed E-state index contributed by atoms with van der Waals surface area (Å²) < 4.78 is 0. The largest absolute Gasteiger partial charge is 0.355 e. The van der Waals surface area contributed by atoms with E-state index in [-0.39, 0.29) is 11.8 Å². The minimum Gasteiger partial charge on any atom is -0.355 e. The predicted octanol–water partition coefficient (Wildman–Crippen LogP) is -1.55. The highest BCUT2D eigenvalue weighted by Gasteiger charge is 2.16. The van der Waals surface area contributed by atoms with Crippen molar-refractivity contribution < 1.29 is 9.59 Å². The van der Waals surface area contributed by atoms with Gasteiger partial charge in [0.2, 0.25) is 11.8 Å². The maximum atomic E-state index is 11.4. The molecule has 0 aliphatic carbocycles. The molecule has 92 valence electrons. The lowest BCUT2D eigenvalue weighted by molar-refractivity contribution is -0.122. The zero-order chi connectivity index (χ0) is 12.0. The van der Waals surface area contributed by atoms with Crippen LogP contribution >= 0.6 is 0 Å². The van der Waals surface area contributed by atoms with E-state index in [0.29, 0.717) is 38.8 Å². The van der Waals surface area contributed by atoms with E-state index in [1.807, 2.05) is 0 Å². The van der Waals surface area contributed by atoms with Gasteiger partial charge in [-0.3, -0.25) is 9.59 Å². The summed E-state index contributed by atoms with van der Waals surface area (Å²) in [6.07, 6.45) is 2.52. The van der Waals surface area contributed by atoms with Crippen LogP contribution in [0.15, 0.2) is 0 Å². The number of carbonyl (C=O) groups excluding carboxylic acids is 2. The van der Waals surface area contributed by atoms with Crippen molar-refractivity contribution in [3.05, 3.63) is 0 Å². The van der Waals surface area contributed by atoms with Gasteiger partial charge < -0.3 is 22.1 Å². The fourth-order valence-corrected chi connectivity index (χ4v) is 1.59. The van der Waals surface area contributed by atoms with E-state index in [1.165, 1.54) is 0 Å². The molecule has 2 atom stereocenters. The Morgan fingerprint density at radius 3 is 1.62 bits per heavy atom. The second kappa shape index (κ2) is 6.44. The van der Waals surface area contributed by atoms with Gasteiger partial charge >= 0.3 is 0 Å². The number of nitrogens with two attached hydrogens (primary N) is 2. The first-order valence-corrected chi connectivity index (χ1v) is 5.68. The second-order valence-electron chi connectivity index (χ2n) is 4.08. The Morgan fingerprint density at radius 2 is 1.25 bits per heavy atom. The van der Waals surface area contributed by atoms with Crippen molar-refractivity contribution in [3.63, 3.8) is 0 Å². The number of rotatable bonds is 0. The molecule has 0 spiro atoms. The topological polar surface area (TPSA) is 110 Å². The van der Waals surface area contributed by atoms with Crippen LogP contribution < -0.4 is 22.1 Å². The van der Waals surface area contributed by atoms with Gasteiger partial charge in [0.15, 0.2) is 0 Å². The van der Waals surface area contributed by atoms with E-state index in [4.69, 9.17) is 11.5 Å². The number of hydrogen-bond donors (Lipinski definition) is 4. The molecule has 6 heteroatoms. The molecule has 6 nitrogen and oxygen atoms in total. The van der Waals surface area contributed by atoms with Crippen LogP contribution in [0.5, 0.6) is 0 Å². The minimum atomic E-state index is -0.481. The van der Waals surface area contributed by atoms with Crippen molar-refractivity contribution in [2.45, 2.75) is 37.8 Å². The van der Waals surface area contributed by atoms with Crippen molar-refractivity contribution in [1.82, 2.24) is 10.6 Å². The molecule has 0 saturated carbocycles.